The number of nitrogens with zero attached hydrogens (tertiary/aromatic N) is 6. The highest BCUT2D eigenvalue weighted by atomic mass is 19.4. The van der Waals surface area contributed by atoms with Crippen LogP contribution in [0.1, 0.15) is 60.1 Å². The number of hydrogen-bond donors (Lipinski definition) is 3. The molecule has 2 aliphatic carbocycles. The van der Waals surface area contributed by atoms with Crippen molar-refractivity contribution < 1.29 is 27.5 Å². The minimum Gasteiger partial charge on any atom is -0.464 e. The van der Waals surface area contributed by atoms with Gasteiger partial charge in [-0.1, -0.05) is 109 Å². The zero-order chi connectivity index (χ0) is 43.9. The van der Waals surface area contributed by atoms with Crippen LogP contribution in [0.5, 0.6) is 0 Å². The zero-order valence-corrected chi connectivity index (χ0v) is 34.1. The number of ether oxygens (including phenoxy) is 1. The van der Waals surface area contributed by atoms with Crippen LogP contribution < -0.4 is 16.8 Å². The Morgan fingerprint density at radius 2 is 1.05 bits per heavy atom. The normalized spacial score (nSPS) is 15.1. The van der Waals surface area contributed by atoms with Gasteiger partial charge in [0.25, 0.3) is 0 Å². The summed E-state index contributed by atoms with van der Waals surface area (Å²) in [5, 5.41) is 10.5. The van der Waals surface area contributed by atoms with E-state index in [2.05, 4.69) is 39.4 Å². The van der Waals surface area contributed by atoms with Gasteiger partial charge in [0.2, 0.25) is 0 Å². The van der Waals surface area contributed by atoms with Gasteiger partial charge in [0.05, 0.1) is 18.5 Å². The van der Waals surface area contributed by atoms with Crippen molar-refractivity contribution in [3.05, 3.63) is 150 Å². The molecule has 0 radical (unpaired) electrons. The van der Waals surface area contributed by atoms with Crippen LogP contribution in [0.3, 0.4) is 0 Å². The van der Waals surface area contributed by atoms with Gasteiger partial charge in [0.1, 0.15) is 11.4 Å². The molecule has 15 heteroatoms. The molecular weight excluding hydrogens is 808 g/mol. The quantitative estimate of drug-likeness (QED) is 0.126. The first-order valence-electron chi connectivity index (χ1n) is 20.5. The number of nitrogens with one attached hydrogen (secondary N) is 1. The number of benzene rings is 4. The molecule has 1 amide bonds. The fraction of sp³-hybridized carbons (Fsp3) is 0.208. The largest absolute Gasteiger partial charge is 0.471 e. The number of halogens is 3. The molecule has 4 aromatic carbocycles. The molecule has 8 aromatic rings. The Labute approximate surface area is 359 Å². The van der Waals surface area contributed by atoms with Gasteiger partial charge in [-0.2, -0.15) is 18.3 Å². The monoisotopic (exact) mass is 849 g/mol. The van der Waals surface area contributed by atoms with Crippen LogP contribution in [0.4, 0.5) is 19.0 Å². The fourth-order valence-electron chi connectivity index (χ4n) is 8.06. The summed E-state index contributed by atoms with van der Waals surface area (Å²) >= 11 is 0. The van der Waals surface area contributed by atoms with E-state index in [1.807, 2.05) is 84.9 Å². The number of carbonyl (C=O) groups is 2. The van der Waals surface area contributed by atoms with Crippen LogP contribution in [-0.4, -0.2) is 54.4 Å². The van der Waals surface area contributed by atoms with E-state index in [1.165, 1.54) is 30.2 Å². The summed E-state index contributed by atoms with van der Waals surface area (Å²) in [6.45, 7) is 0. The standard InChI is InChI=1S/C24H20F3N5O.C24H22N4O2/c25-24(26,27)22(33)29-18-11-12-19-30-20(21(32(19)31-18)16-5-2-1-3-6-16)15-7-9-17(10-8-15)23(28)13-4-14-23;1-30-23(29)19-12-13-20-26-21(22(28(20)27-19)17-6-3-2-4-7-17)16-8-10-18(11-9-16)24(25)14-5-15-24/h1-3,5-12H,4,13-14,28H2,(H,29,31,33);2-4,6-13H,5,14-15,25H2,1H3. The number of anilines is 1. The summed E-state index contributed by atoms with van der Waals surface area (Å²) in [6.07, 6.45) is 1.23. The minimum absolute atomic E-state index is 0.198. The van der Waals surface area contributed by atoms with Crippen LogP contribution in [0.2, 0.25) is 0 Å². The van der Waals surface area contributed by atoms with Crippen molar-refractivity contribution in [1.29, 1.82) is 0 Å². The van der Waals surface area contributed by atoms with Crippen molar-refractivity contribution in [2.45, 2.75) is 55.8 Å². The van der Waals surface area contributed by atoms with Gasteiger partial charge in [-0.3, -0.25) is 4.79 Å². The average molecular weight is 850 g/mol. The van der Waals surface area contributed by atoms with Crippen LogP contribution >= 0.6 is 0 Å². The van der Waals surface area contributed by atoms with Crippen molar-refractivity contribution in [1.82, 2.24) is 29.2 Å². The molecule has 4 aromatic heterocycles. The van der Waals surface area contributed by atoms with Gasteiger partial charge in [0, 0.05) is 33.3 Å². The summed E-state index contributed by atoms with van der Waals surface area (Å²) < 4.78 is 46.1. The summed E-state index contributed by atoms with van der Waals surface area (Å²) in [5.41, 5.74) is 22.4. The van der Waals surface area contributed by atoms with E-state index in [4.69, 9.17) is 21.2 Å². The zero-order valence-electron chi connectivity index (χ0n) is 34.1. The van der Waals surface area contributed by atoms with E-state index < -0.39 is 18.1 Å². The highest BCUT2D eigenvalue weighted by Crippen LogP contribution is 2.41. The van der Waals surface area contributed by atoms with Gasteiger partial charge < -0.3 is 21.5 Å². The highest BCUT2D eigenvalue weighted by molar-refractivity contribution is 5.94. The Hall–Kier alpha value is -7.23. The Balaban J connectivity index is 0.000000161. The number of esters is 1. The predicted molar refractivity (Wildman–Crippen MR) is 233 cm³/mol. The molecule has 5 N–H and O–H groups in total. The van der Waals surface area contributed by atoms with E-state index in [9.17, 15) is 22.8 Å². The summed E-state index contributed by atoms with van der Waals surface area (Å²) in [7, 11) is 1.35. The lowest BCUT2D eigenvalue weighted by molar-refractivity contribution is -0.167. The van der Waals surface area contributed by atoms with Crippen molar-refractivity contribution in [2.24, 2.45) is 11.5 Å². The van der Waals surface area contributed by atoms with Crippen LogP contribution in [0.15, 0.2) is 133 Å². The van der Waals surface area contributed by atoms with E-state index in [0.717, 1.165) is 76.9 Å². The molecule has 63 heavy (non-hydrogen) atoms. The van der Waals surface area contributed by atoms with Gasteiger partial charge in [0.15, 0.2) is 22.8 Å². The van der Waals surface area contributed by atoms with Gasteiger partial charge in [-0.05, 0) is 73.9 Å². The third kappa shape index (κ3) is 7.92. The molecule has 2 fully saturated rings. The maximum atomic E-state index is 12.7. The fourth-order valence-corrected chi connectivity index (χ4v) is 8.06. The second kappa shape index (κ2) is 16.2. The van der Waals surface area contributed by atoms with Crippen LogP contribution in [-0.2, 0) is 20.6 Å². The summed E-state index contributed by atoms with van der Waals surface area (Å²) in [6, 6.07) is 41.7. The van der Waals surface area contributed by atoms with Crippen molar-refractivity contribution in [2.75, 3.05) is 12.4 Å². The Morgan fingerprint density at radius 1 is 0.603 bits per heavy atom. The third-order valence-corrected chi connectivity index (χ3v) is 11.9. The van der Waals surface area contributed by atoms with Crippen LogP contribution in [0.25, 0.3) is 56.3 Å². The topological polar surface area (TPSA) is 168 Å². The average Bonchev–Trinajstić information content (AvgIpc) is 3.86. The molecule has 10 rings (SSSR count). The molecule has 0 aliphatic heterocycles. The molecule has 0 spiro atoms. The predicted octanol–water partition coefficient (Wildman–Crippen LogP) is 9.09. The molecule has 2 aliphatic rings. The number of aromatic nitrogens is 6. The Kier molecular flexibility index (Phi) is 10.6. The van der Waals surface area contributed by atoms with E-state index in [1.54, 1.807) is 22.0 Å². The summed E-state index contributed by atoms with van der Waals surface area (Å²) in [5.74, 6) is -2.79. The highest BCUT2D eigenvalue weighted by Gasteiger charge is 2.39. The van der Waals surface area contributed by atoms with Gasteiger partial charge in [-0.15, -0.1) is 5.10 Å². The number of amides is 1. The SMILES string of the molecule is COC(=O)c1ccc2nc(-c3ccc(C4(N)CCC4)cc3)c(-c3ccccc3)n2n1.NC1(c2ccc(-c3nc4ccc(NC(=O)C(F)(F)F)nn4c3-c3ccccc3)cc2)CCC1. The van der Waals surface area contributed by atoms with E-state index in [-0.39, 0.29) is 22.6 Å². The molecule has 2 saturated carbocycles. The molecule has 0 bridgehead atoms. The molecule has 0 saturated heterocycles. The maximum Gasteiger partial charge on any atom is 0.471 e. The number of hydrogen-bond acceptors (Lipinski definition) is 9. The number of methoxy groups -OCH3 is 1. The number of imidazole rings is 2. The molecule has 0 atom stereocenters. The second-order valence-electron chi connectivity index (χ2n) is 15.9. The Morgan fingerprint density at radius 3 is 1.46 bits per heavy atom. The van der Waals surface area contributed by atoms with E-state index >= 15 is 0 Å². The number of fused-ring (bicyclic) bond motifs is 2. The molecule has 12 nitrogen and oxygen atoms in total. The number of nitrogens with two attached hydrogens (primary N) is 2. The van der Waals surface area contributed by atoms with Crippen molar-refractivity contribution >= 4 is 29.0 Å². The van der Waals surface area contributed by atoms with Crippen LogP contribution in [0, 0.1) is 0 Å². The number of carbonyl (C=O) groups excluding carboxylic acids is 2. The Bertz CT molecular complexity index is 2960. The first-order chi connectivity index (χ1) is 30.3. The lowest BCUT2D eigenvalue weighted by Crippen LogP contribution is -2.43. The second-order valence-corrected chi connectivity index (χ2v) is 15.9. The first kappa shape index (κ1) is 41.1. The molecule has 318 valence electrons. The number of rotatable bonds is 8. The molecular formula is C48H42F3N9O3. The first-order valence-corrected chi connectivity index (χ1v) is 20.5. The molecule has 0 unspecified atom stereocenters. The number of alkyl halides is 3. The maximum absolute atomic E-state index is 12.7. The van der Waals surface area contributed by atoms with Gasteiger partial charge >= 0.3 is 18.1 Å². The lowest BCUT2D eigenvalue weighted by atomic mass is 9.72. The molecule has 4 heterocycles. The van der Waals surface area contributed by atoms with Crippen molar-refractivity contribution in [3.8, 4) is 45.0 Å². The van der Waals surface area contributed by atoms with E-state index in [0.29, 0.717) is 22.7 Å². The third-order valence-electron chi connectivity index (χ3n) is 11.9. The van der Waals surface area contributed by atoms with Crippen molar-refractivity contribution in [3.63, 3.8) is 0 Å². The minimum atomic E-state index is -5.01. The van der Waals surface area contributed by atoms with Gasteiger partial charge in [-0.25, -0.2) is 23.8 Å². The lowest BCUT2D eigenvalue weighted by Gasteiger charge is -2.38. The smallest absolute Gasteiger partial charge is 0.464 e. The summed E-state index contributed by atoms with van der Waals surface area (Å²) in [4.78, 5) is 32.9.